The summed E-state index contributed by atoms with van der Waals surface area (Å²) in [5.74, 6) is -0.465. The number of carbonyl (C=O) groups excluding carboxylic acids is 1. The normalized spacial score (nSPS) is 41.1. The molecule has 8 atom stereocenters. The Hall–Kier alpha value is -2.29. The smallest absolute Gasteiger partial charge is 0.331 e. The number of aliphatic hydroxyl groups is 3. The zero-order valence-corrected chi connectivity index (χ0v) is 23.5. The van der Waals surface area contributed by atoms with Crippen LogP contribution < -0.4 is 0 Å². The van der Waals surface area contributed by atoms with E-state index < -0.39 is 23.6 Å². The van der Waals surface area contributed by atoms with Gasteiger partial charge in [-0.3, -0.25) is 0 Å². The molecule has 0 unspecified atom stereocenters. The van der Waals surface area contributed by atoms with Gasteiger partial charge < -0.3 is 29.5 Å². The fourth-order valence-electron chi connectivity index (χ4n) is 5.30. The molecule has 0 aromatic heterocycles. The minimum absolute atomic E-state index is 0.00781. The molecule has 4 bridgehead atoms. The van der Waals surface area contributed by atoms with Gasteiger partial charge in [0.15, 0.2) is 0 Å². The molecule has 0 saturated carbocycles. The van der Waals surface area contributed by atoms with Crippen LogP contribution in [0.15, 0.2) is 72.4 Å². The second kappa shape index (κ2) is 15.5. The van der Waals surface area contributed by atoms with Crippen LogP contribution >= 0.6 is 0 Å². The van der Waals surface area contributed by atoms with Gasteiger partial charge in [0, 0.05) is 31.4 Å². The Labute approximate surface area is 233 Å². The Balaban J connectivity index is 1.84. The van der Waals surface area contributed by atoms with Crippen molar-refractivity contribution in [2.75, 3.05) is 13.2 Å². The predicted molar refractivity (Wildman–Crippen MR) is 152 cm³/mol. The maximum atomic E-state index is 12.8. The predicted octanol–water partition coefficient (Wildman–Crippen LogP) is 4.50. The van der Waals surface area contributed by atoms with Gasteiger partial charge in [0.1, 0.15) is 6.10 Å². The number of hydrogen-bond acceptors (Lipinski definition) is 7. The van der Waals surface area contributed by atoms with E-state index in [-0.39, 0.29) is 43.5 Å². The molecular formula is C32H46O7. The maximum absolute atomic E-state index is 12.8. The van der Waals surface area contributed by atoms with E-state index in [1.54, 1.807) is 12.2 Å². The van der Waals surface area contributed by atoms with Gasteiger partial charge in [0.2, 0.25) is 0 Å². The molecule has 7 heteroatoms. The van der Waals surface area contributed by atoms with Crippen LogP contribution in [0.25, 0.3) is 0 Å². The lowest BCUT2D eigenvalue weighted by molar-refractivity contribution is -0.198. The Morgan fingerprint density at radius 3 is 2.67 bits per heavy atom. The standard InChI is InChI=1S/C32H46O7/c1-23-13-7-4-8-15-26-21-30(32(3,22-34)29(38-26)16-10-6-12-18-33)39-31(36)17-11-5-9-14-25-20-27(35)24(2)28(19-23)37-25/h5-11,13,15,17,19,24-30,33-35H,4,12,14,16,18,20-22H2,1-3H3/b9-5-,10-6-,13-7-,15-8-,17-11-,23-19-/t24-,25+,26-,27+,28-,29+,30-,32+/m1/s1. The Morgan fingerprint density at radius 1 is 1.08 bits per heavy atom. The lowest BCUT2D eigenvalue weighted by atomic mass is 9.73. The Kier molecular flexibility index (Phi) is 12.4. The summed E-state index contributed by atoms with van der Waals surface area (Å²) in [6.45, 7) is 5.83. The zero-order chi connectivity index (χ0) is 28.3. The van der Waals surface area contributed by atoms with Crippen LogP contribution in [0.3, 0.4) is 0 Å². The number of aliphatic hydroxyl groups excluding tert-OH is 3. The highest BCUT2D eigenvalue weighted by atomic mass is 16.6. The van der Waals surface area contributed by atoms with Crippen LogP contribution in [0.1, 0.15) is 59.3 Å². The third-order valence-corrected chi connectivity index (χ3v) is 7.96. The summed E-state index contributed by atoms with van der Waals surface area (Å²) in [5, 5.41) is 30.0. The lowest BCUT2D eigenvalue weighted by Gasteiger charge is -2.47. The lowest BCUT2D eigenvalue weighted by Crippen LogP contribution is -2.55. The molecule has 3 aliphatic heterocycles. The Bertz CT molecular complexity index is 962. The van der Waals surface area contributed by atoms with Crippen molar-refractivity contribution in [3.8, 4) is 0 Å². The topological polar surface area (TPSA) is 105 Å². The van der Waals surface area contributed by atoms with Crippen molar-refractivity contribution in [2.24, 2.45) is 11.3 Å². The average molecular weight is 543 g/mol. The zero-order valence-electron chi connectivity index (χ0n) is 23.5. The van der Waals surface area contributed by atoms with Crippen LogP contribution in [-0.4, -0.2) is 71.1 Å². The summed E-state index contributed by atoms with van der Waals surface area (Å²) in [4.78, 5) is 12.8. The fraction of sp³-hybridized carbons (Fsp3) is 0.594. The second-order valence-electron chi connectivity index (χ2n) is 11.1. The molecule has 2 saturated heterocycles. The SMILES string of the molecule is CC1=C/[C@H]2O[C@@H](C/C=C\C=C/C(=O)O[C@@H]3C[C@@H](/C=C\C/C=C\1)O[C@@H](C/C=C\CCO)[C@]3(C)CO)C[C@H](O)[C@H]2C. The summed E-state index contributed by atoms with van der Waals surface area (Å²) < 4.78 is 18.5. The van der Waals surface area contributed by atoms with E-state index in [9.17, 15) is 15.0 Å². The molecule has 0 spiro atoms. The van der Waals surface area contributed by atoms with Gasteiger partial charge in [-0.2, -0.15) is 0 Å². The maximum Gasteiger partial charge on any atom is 0.331 e. The van der Waals surface area contributed by atoms with E-state index in [0.717, 1.165) is 5.57 Å². The summed E-state index contributed by atoms with van der Waals surface area (Å²) in [6.07, 6.45) is 22.4. The molecule has 0 aromatic carbocycles. The highest BCUT2D eigenvalue weighted by Crippen LogP contribution is 2.41. The molecule has 0 amide bonds. The summed E-state index contributed by atoms with van der Waals surface area (Å²) >= 11 is 0. The number of rotatable bonds is 5. The molecule has 0 aliphatic carbocycles. The number of ether oxygens (including phenoxy) is 3. The molecule has 39 heavy (non-hydrogen) atoms. The monoisotopic (exact) mass is 542 g/mol. The fourth-order valence-corrected chi connectivity index (χ4v) is 5.30. The molecule has 3 N–H and O–H groups in total. The largest absolute Gasteiger partial charge is 0.458 e. The minimum Gasteiger partial charge on any atom is -0.458 e. The van der Waals surface area contributed by atoms with Gasteiger partial charge in [0.25, 0.3) is 0 Å². The van der Waals surface area contributed by atoms with Crippen molar-refractivity contribution in [3.05, 3.63) is 72.4 Å². The van der Waals surface area contributed by atoms with Crippen molar-refractivity contribution < 1.29 is 34.3 Å². The van der Waals surface area contributed by atoms with E-state index >= 15 is 0 Å². The highest BCUT2D eigenvalue weighted by molar-refractivity contribution is 5.82. The molecule has 3 heterocycles. The van der Waals surface area contributed by atoms with Gasteiger partial charge in [0.05, 0.1) is 42.5 Å². The molecular weight excluding hydrogens is 496 g/mol. The molecule has 3 aliphatic rings. The van der Waals surface area contributed by atoms with Crippen LogP contribution in [-0.2, 0) is 19.0 Å². The van der Waals surface area contributed by atoms with Crippen molar-refractivity contribution in [1.82, 2.24) is 0 Å². The van der Waals surface area contributed by atoms with Gasteiger partial charge in [-0.25, -0.2) is 4.79 Å². The van der Waals surface area contributed by atoms with Gasteiger partial charge in [-0.1, -0.05) is 80.2 Å². The van der Waals surface area contributed by atoms with E-state index in [1.807, 2.05) is 51.2 Å². The van der Waals surface area contributed by atoms with E-state index in [0.29, 0.717) is 38.5 Å². The average Bonchev–Trinajstić information content (AvgIpc) is 2.90. The van der Waals surface area contributed by atoms with Crippen molar-refractivity contribution in [3.63, 3.8) is 0 Å². The first-order valence-electron chi connectivity index (χ1n) is 14.2. The summed E-state index contributed by atoms with van der Waals surface area (Å²) in [5.41, 5.74) is 0.300. The first-order valence-corrected chi connectivity index (χ1v) is 14.2. The molecule has 0 aromatic rings. The van der Waals surface area contributed by atoms with Gasteiger partial charge in [-0.05, 0) is 32.6 Å². The first-order chi connectivity index (χ1) is 18.8. The third kappa shape index (κ3) is 9.12. The van der Waals surface area contributed by atoms with Crippen LogP contribution in [0.5, 0.6) is 0 Å². The van der Waals surface area contributed by atoms with Crippen LogP contribution in [0, 0.1) is 11.3 Å². The quantitative estimate of drug-likeness (QED) is 0.347. The van der Waals surface area contributed by atoms with Crippen molar-refractivity contribution in [1.29, 1.82) is 0 Å². The van der Waals surface area contributed by atoms with Gasteiger partial charge in [-0.15, -0.1) is 0 Å². The van der Waals surface area contributed by atoms with Crippen molar-refractivity contribution in [2.45, 2.75) is 95.9 Å². The van der Waals surface area contributed by atoms with E-state index in [2.05, 4.69) is 18.2 Å². The van der Waals surface area contributed by atoms with Crippen LogP contribution in [0.2, 0.25) is 0 Å². The number of esters is 1. The summed E-state index contributed by atoms with van der Waals surface area (Å²) in [7, 11) is 0. The molecule has 3 rings (SSSR count). The molecule has 7 nitrogen and oxygen atoms in total. The molecule has 2 fully saturated rings. The highest BCUT2D eigenvalue weighted by Gasteiger charge is 2.48. The molecule has 216 valence electrons. The molecule has 0 radical (unpaired) electrons. The number of allylic oxidation sites excluding steroid dienone is 6. The summed E-state index contributed by atoms with van der Waals surface area (Å²) in [6, 6.07) is 0. The number of carbonyl (C=O) groups is 1. The number of fused-ring (bicyclic) bond motifs is 4. The first kappa shape index (κ1) is 31.2. The number of hydrogen-bond donors (Lipinski definition) is 3. The van der Waals surface area contributed by atoms with Gasteiger partial charge >= 0.3 is 5.97 Å². The van der Waals surface area contributed by atoms with Crippen molar-refractivity contribution >= 4 is 5.97 Å². The van der Waals surface area contributed by atoms with E-state index in [1.165, 1.54) is 6.08 Å². The Morgan fingerprint density at radius 2 is 1.90 bits per heavy atom. The third-order valence-electron chi connectivity index (χ3n) is 7.96. The second-order valence-corrected chi connectivity index (χ2v) is 11.1. The minimum atomic E-state index is -0.779. The van der Waals surface area contributed by atoms with E-state index in [4.69, 9.17) is 19.3 Å². The van der Waals surface area contributed by atoms with Crippen LogP contribution in [0.4, 0.5) is 0 Å².